The molecule has 0 saturated heterocycles. The Bertz CT molecular complexity index is 1090. The topological polar surface area (TPSA) is 92.6 Å². The molecule has 2 aromatic rings. The van der Waals surface area contributed by atoms with Gasteiger partial charge in [0.25, 0.3) is 5.69 Å². The van der Waals surface area contributed by atoms with Gasteiger partial charge in [-0.2, -0.15) is 0 Å². The van der Waals surface area contributed by atoms with E-state index >= 15 is 0 Å². The highest BCUT2D eigenvalue weighted by atomic mass is 16.6. The number of nitrogens with one attached hydrogen (secondary N) is 1. The van der Waals surface area contributed by atoms with Gasteiger partial charge in [-0.3, -0.25) is 24.6 Å². The zero-order valence-corrected chi connectivity index (χ0v) is 17.1. The number of ketones is 1. The van der Waals surface area contributed by atoms with Crippen molar-refractivity contribution < 1.29 is 14.5 Å². The van der Waals surface area contributed by atoms with Gasteiger partial charge in [0.2, 0.25) is 5.91 Å². The van der Waals surface area contributed by atoms with E-state index < -0.39 is 11.0 Å². The van der Waals surface area contributed by atoms with E-state index in [2.05, 4.69) is 19.2 Å². The number of anilines is 2. The summed E-state index contributed by atoms with van der Waals surface area (Å²) in [5.41, 5.74) is 3.21. The number of nitro benzene ring substituents is 1. The second-order valence-electron chi connectivity index (χ2n) is 8.62. The molecule has 2 aliphatic rings. The number of hydrogen-bond donors (Lipinski definition) is 1. The Labute approximate surface area is 174 Å². The van der Waals surface area contributed by atoms with Gasteiger partial charge in [-0.05, 0) is 41.7 Å². The van der Waals surface area contributed by atoms with Gasteiger partial charge in [0, 0.05) is 36.7 Å². The van der Waals surface area contributed by atoms with E-state index in [1.54, 1.807) is 17.0 Å². The van der Waals surface area contributed by atoms with E-state index in [1.165, 1.54) is 19.1 Å². The third kappa shape index (κ3) is 3.36. The molecule has 154 valence electrons. The Kier molecular flexibility index (Phi) is 4.68. The van der Waals surface area contributed by atoms with Crippen LogP contribution in [-0.2, 0) is 9.59 Å². The van der Waals surface area contributed by atoms with Crippen molar-refractivity contribution in [1.82, 2.24) is 0 Å². The molecule has 7 heteroatoms. The number of Topliss-reactive ketones (excluding diaryl/α,β-unsaturated/α-hetero) is 1. The minimum absolute atomic E-state index is 0.0174. The van der Waals surface area contributed by atoms with Gasteiger partial charge in [0.05, 0.1) is 22.3 Å². The lowest BCUT2D eigenvalue weighted by Gasteiger charge is -2.36. The van der Waals surface area contributed by atoms with Crippen LogP contribution in [0.25, 0.3) is 0 Å². The van der Waals surface area contributed by atoms with Crippen LogP contribution >= 0.6 is 0 Å². The zero-order chi connectivity index (χ0) is 21.6. The summed E-state index contributed by atoms with van der Waals surface area (Å²) in [6.45, 7) is 5.57. The molecular formula is C23H23N3O4. The number of non-ortho nitro benzene ring substituents is 1. The molecule has 0 bridgehead atoms. The second-order valence-corrected chi connectivity index (χ2v) is 8.62. The molecule has 0 unspecified atom stereocenters. The van der Waals surface area contributed by atoms with Crippen molar-refractivity contribution in [2.24, 2.45) is 5.41 Å². The fourth-order valence-corrected chi connectivity index (χ4v) is 4.43. The van der Waals surface area contributed by atoms with Crippen LogP contribution in [0.4, 0.5) is 17.1 Å². The van der Waals surface area contributed by atoms with Crippen molar-refractivity contribution in [3.63, 3.8) is 0 Å². The van der Waals surface area contributed by atoms with Gasteiger partial charge in [-0.1, -0.05) is 26.0 Å². The molecule has 1 aliphatic carbocycles. The first-order valence-corrected chi connectivity index (χ1v) is 9.84. The summed E-state index contributed by atoms with van der Waals surface area (Å²) in [7, 11) is 0. The first-order chi connectivity index (χ1) is 14.2. The lowest BCUT2D eigenvalue weighted by molar-refractivity contribution is -0.384. The maximum absolute atomic E-state index is 13.3. The first kappa shape index (κ1) is 19.8. The molecular weight excluding hydrogens is 382 g/mol. The third-order valence-electron chi connectivity index (χ3n) is 5.66. The van der Waals surface area contributed by atoms with E-state index in [0.29, 0.717) is 29.7 Å². The van der Waals surface area contributed by atoms with E-state index in [-0.39, 0.29) is 22.8 Å². The molecule has 2 aromatic carbocycles. The smallest absolute Gasteiger partial charge is 0.269 e. The summed E-state index contributed by atoms with van der Waals surface area (Å²) in [6.07, 6.45) is 1.04. The Morgan fingerprint density at radius 3 is 2.43 bits per heavy atom. The molecule has 0 saturated carbocycles. The number of nitrogens with zero attached hydrogens (tertiary/aromatic N) is 2. The predicted molar refractivity (Wildman–Crippen MR) is 114 cm³/mol. The monoisotopic (exact) mass is 405 g/mol. The predicted octanol–water partition coefficient (Wildman–Crippen LogP) is 4.76. The largest absolute Gasteiger partial charge is 0.357 e. The molecule has 1 amide bonds. The number of rotatable bonds is 2. The average molecular weight is 405 g/mol. The Morgan fingerprint density at radius 2 is 1.80 bits per heavy atom. The van der Waals surface area contributed by atoms with Gasteiger partial charge >= 0.3 is 0 Å². The summed E-state index contributed by atoms with van der Waals surface area (Å²) in [6, 6.07) is 12.9. The summed E-state index contributed by atoms with van der Waals surface area (Å²) in [5, 5.41) is 14.5. The third-order valence-corrected chi connectivity index (χ3v) is 5.66. The van der Waals surface area contributed by atoms with E-state index in [9.17, 15) is 19.7 Å². The van der Waals surface area contributed by atoms with E-state index in [0.717, 1.165) is 11.4 Å². The van der Waals surface area contributed by atoms with Crippen LogP contribution in [0, 0.1) is 15.5 Å². The maximum Gasteiger partial charge on any atom is 0.269 e. The van der Waals surface area contributed by atoms with Gasteiger partial charge < -0.3 is 5.32 Å². The molecule has 7 nitrogen and oxygen atoms in total. The lowest BCUT2D eigenvalue weighted by atomic mass is 9.73. The van der Waals surface area contributed by atoms with Crippen LogP contribution < -0.4 is 10.2 Å². The normalized spacial score (nSPS) is 20.0. The minimum Gasteiger partial charge on any atom is -0.357 e. The Hall–Kier alpha value is -3.48. The van der Waals surface area contributed by atoms with E-state index in [1.807, 2.05) is 24.3 Å². The van der Waals surface area contributed by atoms with Crippen molar-refractivity contribution in [2.45, 2.75) is 39.7 Å². The number of benzene rings is 2. The number of nitro groups is 1. The highest BCUT2D eigenvalue weighted by Crippen LogP contribution is 2.48. The number of fused-ring (bicyclic) bond motifs is 1. The van der Waals surface area contributed by atoms with Crippen molar-refractivity contribution in [3.05, 3.63) is 75.5 Å². The first-order valence-electron chi connectivity index (χ1n) is 9.84. The summed E-state index contributed by atoms with van der Waals surface area (Å²) in [5.74, 6) is -0.227. The molecule has 1 atom stereocenters. The lowest BCUT2D eigenvalue weighted by Crippen LogP contribution is -2.38. The number of amides is 1. The minimum atomic E-state index is -0.655. The number of carbonyl (C=O) groups excluding carboxylic acids is 2. The van der Waals surface area contributed by atoms with Gasteiger partial charge in [0.1, 0.15) is 0 Å². The molecule has 0 fully saturated rings. The highest BCUT2D eigenvalue weighted by Gasteiger charge is 2.42. The SMILES string of the molecule is CC(=O)N1c2ccccc2NC2=C(C(=O)CC(C)(C)C2)[C@@H]1c1ccc([N+](=O)[O-])cc1. The van der Waals surface area contributed by atoms with Crippen LogP contribution in [0.2, 0.25) is 0 Å². The number of para-hydroxylation sites is 2. The van der Waals surface area contributed by atoms with Crippen LogP contribution in [-0.4, -0.2) is 16.6 Å². The average Bonchev–Trinajstić information content (AvgIpc) is 2.81. The Morgan fingerprint density at radius 1 is 1.13 bits per heavy atom. The van der Waals surface area contributed by atoms with Gasteiger partial charge in [-0.15, -0.1) is 0 Å². The van der Waals surface area contributed by atoms with E-state index in [4.69, 9.17) is 0 Å². The summed E-state index contributed by atoms with van der Waals surface area (Å²) in [4.78, 5) is 38.4. The molecule has 0 aromatic heterocycles. The maximum atomic E-state index is 13.3. The zero-order valence-electron chi connectivity index (χ0n) is 17.1. The van der Waals surface area contributed by atoms with Crippen molar-refractivity contribution >= 4 is 28.8 Å². The number of carbonyl (C=O) groups is 2. The molecule has 30 heavy (non-hydrogen) atoms. The summed E-state index contributed by atoms with van der Waals surface area (Å²) < 4.78 is 0. The van der Waals surface area contributed by atoms with Crippen LogP contribution in [0.1, 0.15) is 45.2 Å². The molecule has 1 heterocycles. The molecule has 1 aliphatic heterocycles. The van der Waals surface area contributed by atoms with Gasteiger partial charge in [-0.25, -0.2) is 0 Å². The fraction of sp³-hybridized carbons (Fsp3) is 0.304. The number of hydrogen-bond acceptors (Lipinski definition) is 5. The van der Waals surface area contributed by atoms with Crippen molar-refractivity contribution in [1.29, 1.82) is 0 Å². The molecule has 0 radical (unpaired) electrons. The van der Waals surface area contributed by atoms with Crippen LogP contribution in [0.5, 0.6) is 0 Å². The highest BCUT2D eigenvalue weighted by molar-refractivity contribution is 6.05. The quantitative estimate of drug-likeness (QED) is 0.574. The molecule has 0 spiro atoms. The van der Waals surface area contributed by atoms with Crippen LogP contribution in [0.15, 0.2) is 59.8 Å². The summed E-state index contributed by atoms with van der Waals surface area (Å²) >= 11 is 0. The molecule has 1 N–H and O–H groups in total. The number of allylic oxidation sites excluding steroid dienone is 1. The second kappa shape index (κ2) is 7.09. The molecule has 4 rings (SSSR count). The Balaban J connectivity index is 1.97. The van der Waals surface area contributed by atoms with Gasteiger partial charge in [0.15, 0.2) is 5.78 Å². The fourth-order valence-electron chi connectivity index (χ4n) is 4.43. The standard InChI is InChI=1S/C23H23N3O4/c1-14(27)25-19-7-5-4-6-17(19)24-18-12-23(2,3)13-20(28)21(18)22(25)15-8-10-16(11-9-15)26(29)30/h4-11,22,24H,12-13H2,1-3H3/t22-/m0/s1. The van der Waals surface area contributed by atoms with Crippen molar-refractivity contribution in [3.8, 4) is 0 Å². The van der Waals surface area contributed by atoms with Crippen molar-refractivity contribution in [2.75, 3.05) is 10.2 Å². The van der Waals surface area contributed by atoms with Crippen LogP contribution in [0.3, 0.4) is 0 Å².